The number of rotatable bonds is 0. The number of carbonyl (C=O) groups excluding carboxylic acids is 1. The van der Waals surface area contributed by atoms with Crippen molar-refractivity contribution in [1.29, 1.82) is 0 Å². The summed E-state index contributed by atoms with van der Waals surface area (Å²) in [7, 11) is 0. The number of Topliss-reactive ketones (excluding diaryl/α,β-unsaturated/α-hetero) is 1. The molecule has 4 heteroatoms. The Bertz CT molecular complexity index is 378. The summed E-state index contributed by atoms with van der Waals surface area (Å²) < 4.78 is 0. The van der Waals surface area contributed by atoms with E-state index in [4.69, 9.17) is 17.3 Å². The lowest BCUT2D eigenvalue weighted by Gasteiger charge is -2.16. The average molecular weight is 214 g/mol. The molecule has 13 heavy (non-hydrogen) atoms. The van der Waals surface area contributed by atoms with Crippen LogP contribution in [0.5, 0.6) is 0 Å². The molecule has 0 aliphatic carbocycles. The van der Waals surface area contributed by atoms with Gasteiger partial charge in [-0.3, -0.25) is 4.79 Å². The van der Waals surface area contributed by atoms with E-state index in [0.29, 0.717) is 22.7 Å². The van der Waals surface area contributed by atoms with E-state index < -0.39 is 0 Å². The van der Waals surface area contributed by atoms with Gasteiger partial charge in [0.25, 0.3) is 0 Å². The molecule has 1 heterocycles. The summed E-state index contributed by atoms with van der Waals surface area (Å²) in [5.41, 5.74) is 7.04. The standard InChI is InChI=1S/C9H8ClNOS/c10-5-3-6-8(12)1-2-13-9(6)7(11)4-5/h3-4H,1-2,11H2. The molecule has 0 saturated carbocycles. The molecule has 1 aliphatic heterocycles. The second-order valence-electron chi connectivity index (χ2n) is 2.89. The van der Waals surface area contributed by atoms with Gasteiger partial charge in [-0.1, -0.05) is 11.6 Å². The molecule has 2 N–H and O–H groups in total. The summed E-state index contributed by atoms with van der Waals surface area (Å²) in [6, 6.07) is 3.38. The Morgan fingerprint density at radius 3 is 3.00 bits per heavy atom. The molecule has 0 saturated heterocycles. The van der Waals surface area contributed by atoms with Crippen LogP contribution in [0, 0.1) is 0 Å². The Labute approximate surface area is 85.4 Å². The van der Waals surface area contributed by atoms with E-state index in [1.54, 1.807) is 23.9 Å². The van der Waals surface area contributed by atoms with Gasteiger partial charge in [0.15, 0.2) is 5.78 Å². The summed E-state index contributed by atoms with van der Waals surface area (Å²) in [6.07, 6.45) is 0.581. The molecule has 0 spiro atoms. The highest BCUT2D eigenvalue weighted by atomic mass is 35.5. The smallest absolute Gasteiger partial charge is 0.164 e. The number of anilines is 1. The number of ketones is 1. The summed E-state index contributed by atoms with van der Waals surface area (Å²) in [6.45, 7) is 0. The number of carbonyl (C=O) groups is 1. The van der Waals surface area contributed by atoms with Crippen molar-refractivity contribution < 1.29 is 4.79 Å². The Kier molecular flexibility index (Phi) is 2.22. The molecular formula is C9H8ClNOS. The third-order valence-corrected chi connectivity index (χ3v) is 3.33. The third-order valence-electron chi connectivity index (χ3n) is 1.96. The summed E-state index contributed by atoms with van der Waals surface area (Å²) in [5, 5.41) is 0.534. The van der Waals surface area contributed by atoms with Crippen molar-refractivity contribution in [3.8, 4) is 0 Å². The van der Waals surface area contributed by atoms with Crippen LogP contribution >= 0.6 is 23.4 Å². The van der Waals surface area contributed by atoms with Crippen LogP contribution in [-0.2, 0) is 0 Å². The van der Waals surface area contributed by atoms with Gasteiger partial charge < -0.3 is 5.73 Å². The molecule has 0 bridgehead atoms. The van der Waals surface area contributed by atoms with Crippen molar-refractivity contribution in [1.82, 2.24) is 0 Å². The zero-order chi connectivity index (χ0) is 9.42. The van der Waals surface area contributed by atoms with Gasteiger partial charge in [-0.15, -0.1) is 11.8 Å². The molecule has 68 valence electrons. The highest BCUT2D eigenvalue weighted by Crippen LogP contribution is 2.36. The molecule has 1 aromatic rings. The average Bonchev–Trinajstić information content (AvgIpc) is 2.07. The minimum atomic E-state index is 0.142. The van der Waals surface area contributed by atoms with Gasteiger partial charge in [0.1, 0.15) is 0 Å². The maximum atomic E-state index is 11.5. The number of benzene rings is 1. The zero-order valence-electron chi connectivity index (χ0n) is 6.84. The van der Waals surface area contributed by atoms with Crippen LogP contribution in [0.1, 0.15) is 16.8 Å². The van der Waals surface area contributed by atoms with Crippen LogP contribution in [-0.4, -0.2) is 11.5 Å². The predicted molar refractivity (Wildman–Crippen MR) is 55.5 cm³/mol. The maximum absolute atomic E-state index is 11.5. The second-order valence-corrected chi connectivity index (χ2v) is 4.43. The lowest BCUT2D eigenvalue weighted by Crippen LogP contribution is -2.09. The highest BCUT2D eigenvalue weighted by Gasteiger charge is 2.20. The first kappa shape index (κ1) is 8.91. The molecule has 2 rings (SSSR count). The summed E-state index contributed by atoms with van der Waals surface area (Å²) in [5.74, 6) is 0.959. The second kappa shape index (κ2) is 3.24. The molecular weight excluding hydrogens is 206 g/mol. The molecule has 0 aromatic heterocycles. The fourth-order valence-corrected chi connectivity index (χ4v) is 2.64. The molecule has 1 aliphatic rings. The lowest BCUT2D eigenvalue weighted by atomic mass is 10.1. The van der Waals surface area contributed by atoms with Crippen LogP contribution in [0.2, 0.25) is 5.02 Å². The number of hydrogen-bond donors (Lipinski definition) is 1. The Hall–Kier alpha value is -0.670. The minimum Gasteiger partial charge on any atom is -0.398 e. The molecule has 0 fully saturated rings. The van der Waals surface area contributed by atoms with Crippen LogP contribution in [0.4, 0.5) is 5.69 Å². The first-order valence-corrected chi connectivity index (χ1v) is 5.30. The summed E-state index contributed by atoms with van der Waals surface area (Å²) in [4.78, 5) is 12.4. The van der Waals surface area contributed by atoms with Crippen molar-refractivity contribution in [3.05, 3.63) is 22.7 Å². The molecule has 0 atom stereocenters. The van der Waals surface area contributed by atoms with Crippen molar-refractivity contribution >= 4 is 34.8 Å². The predicted octanol–water partition coefficient (Wildman–Crippen LogP) is 2.60. The van der Waals surface area contributed by atoms with Crippen molar-refractivity contribution in [2.45, 2.75) is 11.3 Å². The van der Waals surface area contributed by atoms with Gasteiger partial charge in [-0.2, -0.15) is 0 Å². The SMILES string of the molecule is Nc1cc(Cl)cc2c1SCCC2=O. The van der Waals surface area contributed by atoms with Crippen LogP contribution < -0.4 is 5.73 Å². The van der Waals surface area contributed by atoms with Gasteiger partial charge in [0.05, 0.1) is 0 Å². The van der Waals surface area contributed by atoms with E-state index in [1.165, 1.54) is 0 Å². The monoisotopic (exact) mass is 213 g/mol. The van der Waals surface area contributed by atoms with Gasteiger partial charge in [0.2, 0.25) is 0 Å². The van der Waals surface area contributed by atoms with Crippen LogP contribution in [0.3, 0.4) is 0 Å². The van der Waals surface area contributed by atoms with Gasteiger partial charge in [-0.25, -0.2) is 0 Å². The quantitative estimate of drug-likeness (QED) is 0.674. The highest BCUT2D eigenvalue weighted by molar-refractivity contribution is 7.99. The number of halogens is 1. The van der Waals surface area contributed by atoms with Gasteiger partial charge in [0, 0.05) is 33.3 Å². The number of nitrogen functional groups attached to an aromatic ring is 1. The largest absolute Gasteiger partial charge is 0.398 e. The van der Waals surface area contributed by atoms with Crippen molar-refractivity contribution in [2.75, 3.05) is 11.5 Å². The molecule has 2 nitrogen and oxygen atoms in total. The van der Waals surface area contributed by atoms with Crippen LogP contribution in [0.25, 0.3) is 0 Å². The Morgan fingerprint density at radius 1 is 1.46 bits per heavy atom. The summed E-state index contributed by atoms with van der Waals surface area (Å²) >= 11 is 7.43. The number of hydrogen-bond acceptors (Lipinski definition) is 3. The Morgan fingerprint density at radius 2 is 2.23 bits per heavy atom. The Balaban J connectivity index is 2.63. The van der Waals surface area contributed by atoms with E-state index in [-0.39, 0.29) is 5.78 Å². The normalized spacial score (nSPS) is 15.6. The van der Waals surface area contributed by atoms with Gasteiger partial charge >= 0.3 is 0 Å². The van der Waals surface area contributed by atoms with Crippen LogP contribution in [0.15, 0.2) is 17.0 Å². The molecule has 1 aromatic carbocycles. The molecule has 0 radical (unpaired) electrons. The maximum Gasteiger partial charge on any atom is 0.164 e. The molecule has 0 unspecified atom stereocenters. The van der Waals surface area contributed by atoms with Crippen molar-refractivity contribution in [3.63, 3.8) is 0 Å². The number of fused-ring (bicyclic) bond motifs is 1. The van der Waals surface area contributed by atoms with E-state index in [0.717, 1.165) is 10.6 Å². The first-order valence-electron chi connectivity index (χ1n) is 3.93. The van der Waals surface area contributed by atoms with E-state index in [2.05, 4.69) is 0 Å². The van der Waals surface area contributed by atoms with E-state index >= 15 is 0 Å². The fourth-order valence-electron chi connectivity index (χ4n) is 1.36. The molecule has 0 amide bonds. The number of nitrogens with two attached hydrogens (primary N) is 1. The lowest BCUT2D eigenvalue weighted by molar-refractivity contribution is 0.0985. The number of thioether (sulfide) groups is 1. The van der Waals surface area contributed by atoms with Crippen molar-refractivity contribution in [2.24, 2.45) is 0 Å². The zero-order valence-corrected chi connectivity index (χ0v) is 8.41. The van der Waals surface area contributed by atoms with Gasteiger partial charge in [-0.05, 0) is 12.1 Å². The van der Waals surface area contributed by atoms with E-state index in [9.17, 15) is 4.79 Å². The minimum absolute atomic E-state index is 0.142. The first-order chi connectivity index (χ1) is 6.18. The fraction of sp³-hybridized carbons (Fsp3) is 0.222. The third kappa shape index (κ3) is 1.54. The topological polar surface area (TPSA) is 43.1 Å². The van der Waals surface area contributed by atoms with E-state index in [1.807, 2.05) is 0 Å².